The van der Waals surface area contributed by atoms with E-state index in [1.807, 2.05) is 0 Å². The van der Waals surface area contributed by atoms with E-state index in [9.17, 15) is 0 Å². The summed E-state index contributed by atoms with van der Waals surface area (Å²) in [6, 6.07) is 0. The molecule has 8 nitrogen and oxygen atoms in total. The van der Waals surface area contributed by atoms with Gasteiger partial charge in [0.2, 0.25) is 6.16 Å². The van der Waals surface area contributed by atoms with Crippen LogP contribution in [0.3, 0.4) is 0 Å². The molecule has 0 amide bonds. The van der Waals surface area contributed by atoms with Crippen molar-refractivity contribution in [3.8, 4) is 0 Å². The molecule has 0 bridgehead atoms. The van der Waals surface area contributed by atoms with Crippen LogP contribution in [0, 0.1) is 0 Å². The molecule has 0 saturated heterocycles. The average Bonchev–Trinajstić information content (AvgIpc) is 0.811. The molecule has 64 valence electrons. The van der Waals surface area contributed by atoms with Crippen LogP contribution in [0.25, 0.3) is 0 Å². The molecule has 0 aliphatic heterocycles. The summed E-state index contributed by atoms with van der Waals surface area (Å²) in [5.41, 5.74) is 0. The molecule has 0 saturated carbocycles. The van der Waals surface area contributed by atoms with E-state index < -0.39 is 6.16 Å². The van der Waals surface area contributed by atoms with Crippen LogP contribution in [-0.2, 0) is 0 Å². The Morgan fingerprint density at radius 2 is 1.10 bits per heavy atom. The predicted octanol–water partition coefficient (Wildman–Crippen LogP) is -5.27. The quantitative estimate of drug-likeness (QED) is 0.259. The molecular weight excluding hydrogens is 157 g/mol. The van der Waals surface area contributed by atoms with Crippen molar-refractivity contribution in [1.29, 1.82) is 0 Å². The second-order valence-corrected chi connectivity index (χ2v) is 0.266. The number of hydrogen-bond acceptors (Lipinski definition) is 5. The zero-order valence-electron chi connectivity index (χ0n) is 5.89. The Morgan fingerprint density at radius 3 is 1.10 bits per heavy atom. The second kappa shape index (κ2) is 62.7. The van der Waals surface area contributed by atoms with Gasteiger partial charge in [0.1, 0.15) is 0 Å². The molecule has 9 heteroatoms. The third-order valence-corrected chi connectivity index (χ3v) is 0. The van der Waals surface area contributed by atoms with Crippen LogP contribution >= 0.6 is 0 Å². The molecule has 0 heterocycles. The molecule has 0 radical (unpaired) electrons. The summed E-state index contributed by atoms with van der Waals surface area (Å²) < 4.78 is 0. The van der Waals surface area contributed by atoms with Crippen molar-refractivity contribution in [2.24, 2.45) is 0 Å². The van der Waals surface area contributed by atoms with Gasteiger partial charge in [-0.15, -0.1) is 0 Å². The normalized spacial score (nSPS) is 2.40. The Balaban J connectivity index is -0.00000000300. The molecule has 0 rings (SSSR count). The van der Waals surface area contributed by atoms with Gasteiger partial charge >= 0.3 is 29.6 Å². The predicted molar refractivity (Wildman–Crippen MR) is 30.3 cm³/mol. The Labute approximate surface area is 80.3 Å². The van der Waals surface area contributed by atoms with Gasteiger partial charge in [-0.2, -0.15) is 0 Å². The molecule has 10 heavy (non-hydrogen) atoms. The third-order valence-electron chi connectivity index (χ3n) is 0. The van der Waals surface area contributed by atoms with Crippen LogP contribution in [0.1, 0.15) is 0 Å². The first-order chi connectivity index (χ1) is 1.73. The van der Waals surface area contributed by atoms with Gasteiger partial charge < -0.3 is 44.4 Å². The minimum atomic E-state index is -2.08. The van der Waals surface area contributed by atoms with E-state index in [2.05, 4.69) is 0 Å². The molecule has 0 aliphatic carbocycles. The second-order valence-electron chi connectivity index (χ2n) is 0.266. The minimum Gasteiger partial charge on any atom is -0.565 e. The first-order valence-electron chi connectivity index (χ1n) is 0.632. The van der Waals surface area contributed by atoms with Gasteiger partial charge in [-0.05, 0) is 0 Å². The van der Waals surface area contributed by atoms with Crippen molar-refractivity contribution in [2.75, 3.05) is 0 Å². The van der Waals surface area contributed by atoms with Gasteiger partial charge in [0.15, 0.2) is 0 Å². The van der Waals surface area contributed by atoms with Gasteiger partial charge in [0.05, 0.1) is 0 Å². The Hall–Kier alpha value is 0.0700. The fourth-order valence-electron chi connectivity index (χ4n) is 0. The van der Waals surface area contributed by atoms with Crippen molar-refractivity contribution in [3.05, 3.63) is 0 Å². The van der Waals surface area contributed by atoms with E-state index in [0.29, 0.717) is 0 Å². The molecule has 0 unspecified atom stereocenters. The van der Waals surface area contributed by atoms with Crippen molar-refractivity contribution in [1.82, 2.24) is 18.5 Å². The van der Waals surface area contributed by atoms with Crippen molar-refractivity contribution in [3.63, 3.8) is 0 Å². The van der Waals surface area contributed by atoms with E-state index in [-0.39, 0.29) is 59.0 Å². The van der Waals surface area contributed by atoms with E-state index in [0.717, 1.165) is 0 Å². The average molecular weight is 171 g/mol. The van der Waals surface area contributed by atoms with E-state index in [1.54, 1.807) is 0 Å². The summed E-state index contributed by atoms with van der Waals surface area (Å²) in [5.74, 6) is 0. The third kappa shape index (κ3) is 82300. The molecule has 0 spiro atoms. The number of rotatable bonds is 0. The fraction of sp³-hybridized carbons (Fsp3) is 0. The maximum Gasteiger partial charge on any atom is 1.00 e. The molecule has 0 aromatic heterocycles. The summed E-state index contributed by atoms with van der Waals surface area (Å²) in [6.45, 7) is 0. The molecule has 0 aliphatic rings. The Bertz CT molecular complexity index is 39.9. The van der Waals surface area contributed by atoms with Crippen LogP contribution in [-0.4, -0.2) is 22.2 Å². The van der Waals surface area contributed by atoms with Gasteiger partial charge in [0.25, 0.3) is 0 Å². The number of carbonyl (C=O) groups is 1. The summed E-state index contributed by atoms with van der Waals surface area (Å²) >= 11 is 0. The maximum absolute atomic E-state index is 8.44. The summed E-state index contributed by atoms with van der Waals surface area (Å²) in [6.07, 6.45) is -2.08. The molecule has 0 aromatic carbocycles. The Kier molecular flexibility index (Phi) is 551. The summed E-state index contributed by atoms with van der Waals surface area (Å²) in [7, 11) is 0. The van der Waals surface area contributed by atoms with Crippen molar-refractivity contribution in [2.45, 2.75) is 0 Å². The van der Waals surface area contributed by atoms with E-state index in [4.69, 9.17) is 15.0 Å². The van der Waals surface area contributed by atoms with Gasteiger partial charge in [-0.3, -0.25) is 0 Å². The number of carboxylic acid groups (broad SMARTS) is 2. The first-order valence-corrected chi connectivity index (χ1v) is 0.632. The maximum atomic E-state index is 8.44. The molecule has 14 N–H and O–H groups in total. The molecule has 0 aromatic rings. The van der Waals surface area contributed by atoms with Crippen LogP contribution in [0.4, 0.5) is 4.79 Å². The van der Waals surface area contributed by atoms with Gasteiger partial charge in [0, 0.05) is 0 Å². The SMILES string of the molecule is N.N.N.O.O.O=C([O-])O.[Na+]. The van der Waals surface area contributed by atoms with Crippen LogP contribution < -0.4 is 53.1 Å². The standard InChI is InChI=1S/CH2O3.3H3N.Na.2H2O/c2-1(3)4;;;;;;/h(H2,2,3,4);3*1H3;;2*1H2/q;;;;+1;;/p-1. The largest absolute Gasteiger partial charge is 1.00 e. The zero-order valence-corrected chi connectivity index (χ0v) is 7.89. The molecule has 0 fully saturated rings. The number of hydrogen-bond donors (Lipinski definition) is 4. The minimum absolute atomic E-state index is 0. The fourth-order valence-corrected chi connectivity index (χ4v) is 0. The Morgan fingerprint density at radius 1 is 1.10 bits per heavy atom. The topological polar surface area (TPSA) is 228 Å². The first kappa shape index (κ1) is 87.9. The van der Waals surface area contributed by atoms with Crippen molar-refractivity contribution < 1.29 is 55.5 Å². The van der Waals surface area contributed by atoms with Crippen molar-refractivity contribution >= 4 is 6.16 Å². The van der Waals surface area contributed by atoms with Crippen LogP contribution in [0.2, 0.25) is 0 Å². The summed E-state index contributed by atoms with van der Waals surface area (Å²) in [4.78, 5) is 8.44. The monoisotopic (exact) mass is 171 g/mol. The van der Waals surface area contributed by atoms with Crippen LogP contribution in [0.5, 0.6) is 0 Å². The van der Waals surface area contributed by atoms with Gasteiger partial charge in [-0.25, -0.2) is 0 Å². The van der Waals surface area contributed by atoms with E-state index >= 15 is 0 Å². The van der Waals surface area contributed by atoms with Crippen LogP contribution in [0.15, 0.2) is 0 Å². The van der Waals surface area contributed by atoms with E-state index in [1.165, 1.54) is 0 Å². The molecule has 0 atom stereocenters. The smallest absolute Gasteiger partial charge is 0.565 e. The molecular formula is CH14N3NaO5. The zero-order chi connectivity index (χ0) is 3.58. The summed E-state index contributed by atoms with van der Waals surface area (Å²) in [5, 5.41) is 15.3. The van der Waals surface area contributed by atoms with Gasteiger partial charge in [-0.1, -0.05) is 0 Å².